The molecule has 0 aliphatic rings. The second-order valence-corrected chi connectivity index (χ2v) is 7.42. The second-order valence-electron chi connectivity index (χ2n) is 5.10. The van der Waals surface area contributed by atoms with Crippen LogP contribution in [-0.2, 0) is 11.3 Å². The highest BCUT2D eigenvalue weighted by molar-refractivity contribution is 14.1. The van der Waals surface area contributed by atoms with E-state index in [1.54, 1.807) is 18.2 Å². The Bertz CT molecular complexity index is 890. The summed E-state index contributed by atoms with van der Waals surface area (Å²) < 4.78 is 7.00. The molecule has 2 rings (SSSR count). The number of halogens is 2. The van der Waals surface area contributed by atoms with Crippen LogP contribution in [0.15, 0.2) is 48.0 Å². The van der Waals surface area contributed by atoms with E-state index in [2.05, 4.69) is 50.5 Å². The van der Waals surface area contributed by atoms with Crippen LogP contribution in [0.2, 0.25) is 0 Å². The van der Waals surface area contributed by atoms with Gasteiger partial charge in [0.1, 0.15) is 23.5 Å². The molecule has 0 unspecified atom stereocenters. The third-order valence-electron chi connectivity index (χ3n) is 3.27. The average molecular weight is 569 g/mol. The number of hydrogen-bond donors (Lipinski definition) is 1. The lowest BCUT2D eigenvalue weighted by Crippen LogP contribution is -2.23. The van der Waals surface area contributed by atoms with Crippen LogP contribution in [0, 0.1) is 29.8 Å². The first-order chi connectivity index (χ1) is 12.5. The van der Waals surface area contributed by atoms with E-state index in [0.29, 0.717) is 12.3 Å². The van der Waals surface area contributed by atoms with Crippen molar-refractivity contribution in [3.05, 3.63) is 66.3 Å². The largest absolute Gasteiger partial charge is 0.477 e. The molecule has 0 heterocycles. The topological polar surface area (TPSA) is 85.9 Å². The Labute approximate surface area is 178 Å². The fraction of sp³-hybridized carbons (Fsp3) is 0.105. The van der Waals surface area contributed by atoms with Crippen molar-refractivity contribution in [2.45, 2.75) is 6.54 Å². The number of benzene rings is 2. The van der Waals surface area contributed by atoms with Gasteiger partial charge in [0.25, 0.3) is 5.91 Å². The molecule has 26 heavy (non-hydrogen) atoms. The summed E-state index contributed by atoms with van der Waals surface area (Å²) >= 11 is 4.20. The number of amides is 1. The standard InChI is InChI=1S/C19H13I2N3O2/c20-16-9-14(10-17(21)18(16)26-7-6-22)8-15(11-23)19(25)24-12-13-4-2-1-3-5-13/h1-5,8-10H,7,12H2,(H,24,25)/b15-8-. The number of rotatable bonds is 6. The van der Waals surface area contributed by atoms with Gasteiger partial charge in [0.05, 0.1) is 7.14 Å². The van der Waals surface area contributed by atoms with Crippen LogP contribution in [0.5, 0.6) is 5.75 Å². The van der Waals surface area contributed by atoms with Crippen LogP contribution in [0.25, 0.3) is 6.08 Å². The van der Waals surface area contributed by atoms with Crippen LogP contribution < -0.4 is 10.1 Å². The first-order valence-corrected chi connectivity index (χ1v) is 9.63. The fourth-order valence-electron chi connectivity index (χ4n) is 2.09. The van der Waals surface area contributed by atoms with Gasteiger partial charge in [0.2, 0.25) is 0 Å². The zero-order chi connectivity index (χ0) is 18.9. The zero-order valence-corrected chi connectivity index (χ0v) is 17.8. The number of nitrogens with zero attached hydrogens (tertiary/aromatic N) is 2. The highest BCUT2D eigenvalue weighted by Crippen LogP contribution is 2.29. The molecule has 0 saturated heterocycles. The van der Waals surface area contributed by atoms with Crippen LogP contribution in [0.4, 0.5) is 0 Å². The predicted molar refractivity (Wildman–Crippen MR) is 115 cm³/mol. The number of hydrogen-bond acceptors (Lipinski definition) is 4. The summed E-state index contributed by atoms with van der Waals surface area (Å²) in [6, 6.07) is 17.0. The molecular weight excluding hydrogens is 556 g/mol. The second kappa shape index (κ2) is 10.1. The van der Waals surface area contributed by atoms with Gasteiger partial charge in [-0.25, -0.2) is 0 Å². The minimum atomic E-state index is -0.425. The van der Waals surface area contributed by atoms with Crippen molar-refractivity contribution in [3.63, 3.8) is 0 Å². The molecule has 7 heteroatoms. The fourth-order valence-corrected chi connectivity index (χ4v) is 4.22. The van der Waals surface area contributed by atoms with E-state index in [4.69, 9.17) is 10.00 Å². The maximum absolute atomic E-state index is 12.3. The Morgan fingerprint density at radius 2 is 1.81 bits per heavy atom. The van der Waals surface area contributed by atoms with Gasteiger partial charge in [-0.3, -0.25) is 4.79 Å². The molecule has 0 radical (unpaired) electrons. The molecule has 130 valence electrons. The lowest BCUT2D eigenvalue weighted by atomic mass is 10.1. The van der Waals surface area contributed by atoms with Crippen molar-refractivity contribution >= 4 is 57.2 Å². The summed E-state index contributed by atoms with van der Waals surface area (Å²) in [4.78, 5) is 12.3. The quantitative estimate of drug-likeness (QED) is 0.324. The molecule has 0 aromatic heterocycles. The number of carbonyl (C=O) groups is 1. The van der Waals surface area contributed by atoms with Gasteiger partial charge in [0, 0.05) is 6.54 Å². The minimum absolute atomic E-state index is 0.0261. The van der Waals surface area contributed by atoms with Crippen LogP contribution in [0.3, 0.4) is 0 Å². The molecular formula is C19H13I2N3O2. The summed E-state index contributed by atoms with van der Waals surface area (Å²) in [5.41, 5.74) is 1.70. The summed E-state index contributed by atoms with van der Waals surface area (Å²) in [6.45, 7) is 0.321. The van der Waals surface area contributed by atoms with Gasteiger partial charge in [0.15, 0.2) is 6.61 Å². The van der Waals surface area contributed by atoms with Gasteiger partial charge in [-0.15, -0.1) is 0 Å². The van der Waals surface area contributed by atoms with E-state index in [9.17, 15) is 10.1 Å². The average Bonchev–Trinajstić information content (AvgIpc) is 2.64. The van der Waals surface area contributed by atoms with E-state index in [1.165, 1.54) is 0 Å². The minimum Gasteiger partial charge on any atom is -0.477 e. The highest BCUT2D eigenvalue weighted by Gasteiger charge is 2.12. The van der Waals surface area contributed by atoms with Crippen molar-refractivity contribution in [2.75, 3.05) is 6.61 Å². The summed E-state index contributed by atoms with van der Waals surface area (Å²) in [5.74, 6) is 0.197. The molecule has 2 aromatic rings. The number of carbonyl (C=O) groups excluding carboxylic acids is 1. The monoisotopic (exact) mass is 569 g/mol. The maximum atomic E-state index is 12.3. The smallest absolute Gasteiger partial charge is 0.262 e. The first-order valence-electron chi connectivity index (χ1n) is 7.48. The summed E-state index contributed by atoms with van der Waals surface area (Å²) in [7, 11) is 0. The lowest BCUT2D eigenvalue weighted by Gasteiger charge is -2.09. The van der Waals surface area contributed by atoms with Gasteiger partial charge < -0.3 is 10.1 Å². The van der Waals surface area contributed by atoms with Crippen molar-refractivity contribution in [2.24, 2.45) is 0 Å². The van der Waals surface area contributed by atoms with E-state index in [1.807, 2.05) is 42.5 Å². The molecule has 1 N–H and O–H groups in total. The zero-order valence-electron chi connectivity index (χ0n) is 13.5. The van der Waals surface area contributed by atoms with Gasteiger partial charge in [-0.1, -0.05) is 30.3 Å². The summed E-state index contributed by atoms with van der Waals surface area (Å²) in [5, 5.41) is 20.7. The van der Waals surface area contributed by atoms with Crippen molar-refractivity contribution in [1.82, 2.24) is 5.32 Å². The third-order valence-corrected chi connectivity index (χ3v) is 4.88. The Hall–Kier alpha value is -2.11. The Kier molecular flexibility index (Phi) is 7.88. The van der Waals surface area contributed by atoms with E-state index in [0.717, 1.165) is 18.3 Å². The molecule has 0 aliphatic carbocycles. The molecule has 1 amide bonds. The Morgan fingerprint density at radius 3 is 2.38 bits per heavy atom. The van der Waals surface area contributed by atoms with Gasteiger partial charge in [-0.05, 0) is 74.5 Å². The van der Waals surface area contributed by atoms with Crippen LogP contribution >= 0.6 is 45.2 Å². The van der Waals surface area contributed by atoms with Crippen LogP contribution in [-0.4, -0.2) is 12.5 Å². The van der Waals surface area contributed by atoms with Gasteiger partial charge in [-0.2, -0.15) is 10.5 Å². The number of nitriles is 2. The molecule has 2 aromatic carbocycles. The number of nitrogens with one attached hydrogen (secondary N) is 1. The third kappa shape index (κ3) is 5.71. The molecule has 0 spiro atoms. The molecule has 5 nitrogen and oxygen atoms in total. The molecule has 0 atom stereocenters. The Morgan fingerprint density at radius 1 is 1.15 bits per heavy atom. The first kappa shape index (κ1) is 20.2. The predicted octanol–water partition coefficient (Wildman–Crippen LogP) is 4.02. The van der Waals surface area contributed by atoms with Gasteiger partial charge >= 0.3 is 0 Å². The molecule has 0 bridgehead atoms. The van der Waals surface area contributed by atoms with Crippen molar-refractivity contribution < 1.29 is 9.53 Å². The maximum Gasteiger partial charge on any atom is 0.262 e. The molecule has 0 saturated carbocycles. The lowest BCUT2D eigenvalue weighted by molar-refractivity contribution is -0.117. The van der Waals surface area contributed by atoms with E-state index >= 15 is 0 Å². The molecule has 0 aliphatic heterocycles. The Balaban J connectivity index is 2.16. The van der Waals surface area contributed by atoms with E-state index < -0.39 is 5.91 Å². The highest BCUT2D eigenvalue weighted by atomic mass is 127. The normalized spacial score (nSPS) is 10.5. The van der Waals surface area contributed by atoms with Crippen molar-refractivity contribution in [1.29, 1.82) is 10.5 Å². The number of ether oxygens (including phenoxy) is 1. The molecule has 0 fully saturated rings. The van der Waals surface area contributed by atoms with Crippen molar-refractivity contribution in [3.8, 4) is 17.9 Å². The van der Waals surface area contributed by atoms with Crippen LogP contribution in [0.1, 0.15) is 11.1 Å². The SMILES string of the molecule is N#CCOc1c(I)cc(/C=C(/C#N)C(=O)NCc2ccccc2)cc1I. The van der Waals surface area contributed by atoms with E-state index in [-0.39, 0.29) is 12.2 Å². The summed E-state index contributed by atoms with van der Waals surface area (Å²) in [6.07, 6.45) is 1.54.